The number of rotatable bonds is 8. The molecule has 0 aliphatic heterocycles. The molecule has 0 fully saturated rings. The summed E-state index contributed by atoms with van der Waals surface area (Å²) in [5.41, 5.74) is -0.139. The number of benzene rings is 1. The van der Waals surface area contributed by atoms with E-state index < -0.39 is 27.6 Å². The monoisotopic (exact) mass is 315 g/mol. The molecule has 7 heteroatoms. The van der Waals surface area contributed by atoms with Crippen LogP contribution in [0.4, 0.5) is 0 Å². The molecule has 1 aromatic carbocycles. The van der Waals surface area contributed by atoms with Gasteiger partial charge >= 0.3 is 5.97 Å². The maximum Gasteiger partial charge on any atom is 0.322 e. The first-order chi connectivity index (χ1) is 9.65. The number of hydrogen-bond acceptors (Lipinski definition) is 4. The molecular weight excluding hydrogens is 294 g/mol. The van der Waals surface area contributed by atoms with E-state index in [2.05, 4.69) is 4.72 Å². The summed E-state index contributed by atoms with van der Waals surface area (Å²) in [6.45, 7) is 3.25. The zero-order valence-electron chi connectivity index (χ0n) is 12.4. The van der Waals surface area contributed by atoms with Crippen LogP contribution in [0.15, 0.2) is 30.3 Å². The molecule has 0 aliphatic carbocycles. The van der Waals surface area contributed by atoms with Crippen LogP contribution in [-0.4, -0.2) is 44.0 Å². The molecule has 0 spiro atoms. The number of hydrogen-bond donors (Lipinski definition) is 2. The fraction of sp³-hybridized carbons (Fsp3) is 0.500. The van der Waals surface area contributed by atoms with Gasteiger partial charge in [-0.3, -0.25) is 4.79 Å². The predicted octanol–water partition coefficient (Wildman–Crippen LogP) is 1.03. The second-order valence-electron chi connectivity index (χ2n) is 5.42. The number of carboxylic acid groups (broad SMARTS) is 1. The van der Waals surface area contributed by atoms with Crippen LogP contribution in [0.25, 0.3) is 0 Å². The average Bonchev–Trinajstić information content (AvgIpc) is 2.37. The van der Waals surface area contributed by atoms with Gasteiger partial charge in [0.25, 0.3) is 0 Å². The van der Waals surface area contributed by atoms with Crippen molar-refractivity contribution < 1.29 is 23.1 Å². The zero-order chi connectivity index (χ0) is 16.1. The molecule has 0 radical (unpaired) electrons. The zero-order valence-corrected chi connectivity index (χ0v) is 13.2. The number of nitrogens with one attached hydrogen (secondary N) is 1. The van der Waals surface area contributed by atoms with E-state index in [4.69, 9.17) is 4.74 Å². The third-order valence-corrected chi connectivity index (χ3v) is 4.71. The SMILES string of the molecule is COC(C)(C)CS(=O)(=O)N[C@H](Cc1ccccc1)C(=O)O. The Balaban J connectivity index is 2.81. The lowest BCUT2D eigenvalue weighted by Gasteiger charge is -2.24. The molecule has 0 bridgehead atoms. The summed E-state index contributed by atoms with van der Waals surface area (Å²) in [5, 5.41) is 9.20. The molecule has 118 valence electrons. The summed E-state index contributed by atoms with van der Waals surface area (Å²) in [7, 11) is -2.36. The first-order valence-electron chi connectivity index (χ1n) is 6.47. The minimum Gasteiger partial charge on any atom is -0.480 e. The van der Waals surface area contributed by atoms with Gasteiger partial charge in [0.15, 0.2) is 0 Å². The van der Waals surface area contributed by atoms with Crippen molar-refractivity contribution in [3.8, 4) is 0 Å². The Morgan fingerprint density at radius 2 is 1.90 bits per heavy atom. The van der Waals surface area contributed by atoms with Crippen molar-refractivity contribution in [3.63, 3.8) is 0 Å². The number of ether oxygens (including phenoxy) is 1. The smallest absolute Gasteiger partial charge is 0.322 e. The summed E-state index contributed by atoms with van der Waals surface area (Å²) >= 11 is 0. The predicted molar refractivity (Wildman–Crippen MR) is 79.6 cm³/mol. The van der Waals surface area contributed by atoms with E-state index in [-0.39, 0.29) is 12.2 Å². The summed E-state index contributed by atoms with van der Waals surface area (Å²) in [6.07, 6.45) is 0.0861. The number of aliphatic carboxylic acids is 1. The van der Waals surface area contributed by atoms with Gasteiger partial charge in [-0.1, -0.05) is 30.3 Å². The molecule has 0 aromatic heterocycles. The van der Waals surface area contributed by atoms with Crippen LogP contribution in [0.5, 0.6) is 0 Å². The van der Waals surface area contributed by atoms with Crippen LogP contribution in [-0.2, 0) is 26.0 Å². The Kier molecular flexibility index (Phi) is 5.88. The standard InChI is InChI=1S/C14H21NO5S/c1-14(2,20-3)10-21(18,19)15-12(13(16)17)9-11-7-5-4-6-8-11/h4-8,12,15H,9-10H2,1-3H3,(H,16,17)/t12-/m1/s1. The number of sulfonamides is 1. The van der Waals surface area contributed by atoms with Gasteiger partial charge in [-0.2, -0.15) is 0 Å². The van der Waals surface area contributed by atoms with Crippen LogP contribution < -0.4 is 4.72 Å². The maximum atomic E-state index is 12.1. The molecule has 1 atom stereocenters. The highest BCUT2D eigenvalue weighted by atomic mass is 32.2. The molecule has 21 heavy (non-hydrogen) atoms. The molecule has 0 aliphatic rings. The van der Waals surface area contributed by atoms with E-state index in [0.717, 1.165) is 5.56 Å². The van der Waals surface area contributed by atoms with Crippen molar-refractivity contribution in [2.45, 2.75) is 31.9 Å². The number of methoxy groups -OCH3 is 1. The molecular formula is C14H21NO5S. The van der Waals surface area contributed by atoms with Crippen molar-refractivity contribution in [2.24, 2.45) is 0 Å². The first kappa shape index (κ1) is 17.6. The summed E-state index contributed by atoms with van der Waals surface area (Å²) in [6, 6.07) is 7.66. The molecule has 6 nitrogen and oxygen atoms in total. The minimum absolute atomic E-state index is 0.0861. The van der Waals surface area contributed by atoms with Crippen LogP contribution in [0.1, 0.15) is 19.4 Å². The molecule has 1 aromatic rings. The van der Waals surface area contributed by atoms with Gasteiger partial charge in [0.2, 0.25) is 10.0 Å². The quantitative estimate of drug-likeness (QED) is 0.747. The second-order valence-corrected chi connectivity index (χ2v) is 7.18. The lowest BCUT2D eigenvalue weighted by atomic mass is 10.1. The van der Waals surface area contributed by atoms with Crippen molar-refractivity contribution in [2.75, 3.05) is 12.9 Å². The third kappa shape index (κ3) is 6.24. The Hall–Kier alpha value is -1.44. The molecule has 0 heterocycles. The van der Waals surface area contributed by atoms with Crippen molar-refractivity contribution in [1.82, 2.24) is 4.72 Å². The first-order valence-corrected chi connectivity index (χ1v) is 8.12. The number of carboxylic acids is 1. The van der Waals surface area contributed by atoms with Gasteiger partial charge < -0.3 is 9.84 Å². The Morgan fingerprint density at radius 3 is 2.38 bits per heavy atom. The molecule has 0 saturated carbocycles. The van der Waals surface area contributed by atoms with Gasteiger partial charge in [0.05, 0.1) is 11.4 Å². The molecule has 2 N–H and O–H groups in total. The topological polar surface area (TPSA) is 92.7 Å². The van der Waals surface area contributed by atoms with E-state index in [1.54, 1.807) is 38.1 Å². The van der Waals surface area contributed by atoms with E-state index in [1.807, 2.05) is 6.07 Å². The highest BCUT2D eigenvalue weighted by Gasteiger charge is 2.30. The normalized spacial score (nSPS) is 13.9. The van der Waals surface area contributed by atoms with Gasteiger partial charge in [0, 0.05) is 7.11 Å². The van der Waals surface area contributed by atoms with Gasteiger partial charge in [-0.15, -0.1) is 0 Å². The van der Waals surface area contributed by atoms with Gasteiger partial charge in [-0.25, -0.2) is 13.1 Å². The fourth-order valence-electron chi connectivity index (χ4n) is 1.80. The Morgan fingerprint density at radius 1 is 1.33 bits per heavy atom. The largest absolute Gasteiger partial charge is 0.480 e. The van der Waals surface area contributed by atoms with Crippen molar-refractivity contribution in [3.05, 3.63) is 35.9 Å². The summed E-state index contributed by atoms with van der Waals surface area (Å²) in [5.74, 6) is -1.52. The van der Waals surface area contributed by atoms with Crippen molar-refractivity contribution in [1.29, 1.82) is 0 Å². The summed E-state index contributed by atoms with van der Waals surface area (Å²) in [4.78, 5) is 11.3. The van der Waals surface area contributed by atoms with E-state index >= 15 is 0 Å². The van der Waals surface area contributed by atoms with Crippen LogP contribution in [0, 0.1) is 0 Å². The van der Waals surface area contributed by atoms with E-state index in [0.29, 0.717) is 0 Å². The fourth-order valence-corrected chi connectivity index (χ4v) is 3.54. The average molecular weight is 315 g/mol. The number of carbonyl (C=O) groups is 1. The Bertz CT molecular complexity index is 568. The van der Waals surface area contributed by atoms with Crippen LogP contribution in [0.3, 0.4) is 0 Å². The lowest BCUT2D eigenvalue weighted by molar-refractivity contribution is -0.138. The summed E-state index contributed by atoms with van der Waals surface area (Å²) < 4.78 is 31.4. The van der Waals surface area contributed by atoms with Crippen LogP contribution in [0.2, 0.25) is 0 Å². The second kappa shape index (κ2) is 7.02. The molecule has 0 amide bonds. The lowest BCUT2D eigenvalue weighted by Crippen LogP contribution is -2.47. The van der Waals surface area contributed by atoms with Gasteiger partial charge in [0.1, 0.15) is 6.04 Å². The highest BCUT2D eigenvalue weighted by Crippen LogP contribution is 2.12. The highest BCUT2D eigenvalue weighted by molar-refractivity contribution is 7.89. The molecule has 0 saturated heterocycles. The molecule has 1 rings (SSSR count). The minimum atomic E-state index is -3.77. The van der Waals surface area contributed by atoms with Gasteiger partial charge in [-0.05, 0) is 25.8 Å². The van der Waals surface area contributed by atoms with E-state index in [9.17, 15) is 18.3 Å². The Labute approximate surface area is 125 Å². The van der Waals surface area contributed by atoms with E-state index in [1.165, 1.54) is 7.11 Å². The van der Waals surface area contributed by atoms with Crippen LogP contribution >= 0.6 is 0 Å². The van der Waals surface area contributed by atoms with Crippen molar-refractivity contribution >= 4 is 16.0 Å². The third-order valence-electron chi connectivity index (χ3n) is 2.99. The maximum absolute atomic E-state index is 12.1. The molecule has 0 unspecified atom stereocenters.